The van der Waals surface area contributed by atoms with Crippen LogP contribution in [0, 0.1) is 20.8 Å². The molecule has 0 saturated heterocycles. The minimum Gasteiger partial charge on any atom is -0.335 e. The molecule has 3 rings (SSSR count). The van der Waals surface area contributed by atoms with Crippen LogP contribution in [0.4, 0.5) is 0 Å². The summed E-state index contributed by atoms with van der Waals surface area (Å²) in [6.07, 6.45) is 0. The van der Waals surface area contributed by atoms with E-state index in [1.54, 1.807) is 19.1 Å². The van der Waals surface area contributed by atoms with Gasteiger partial charge in [0.2, 0.25) is 0 Å². The van der Waals surface area contributed by atoms with Gasteiger partial charge in [-0.25, -0.2) is 13.1 Å². The summed E-state index contributed by atoms with van der Waals surface area (Å²) in [4.78, 5) is 12.5. The highest BCUT2D eigenvalue weighted by Gasteiger charge is 2.20. The maximum atomic E-state index is 12.5. The van der Waals surface area contributed by atoms with Gasteiger partial charge in [0.15, 0.2) is 0 Å². The molecular formula is C19H20N2O3S. The number of carbonyl (C=O) groups is 1. The van der Waals surface area contributed by atoms with Crippen LogP contribution in [0.3, 0.4) is 0 Å². The van der Waals surface area contributed by atoms with Gasteiger partial charge in [-0.15, -0.1) is 0 Å². The Bertz CT molecular complexity index is 1070. The number of nitrogens with zero attached hydrogens (tertiary/aromatic N) is 1. The zero-order valence-corrected chi connectivity index (χ0v) is 15.2. The molecule has 0 fully saturated rings. The Morgan fingerprint density at radius 1 is 1.04 bits per heavy atom. The highest BCUT2D eigenvalue weighted by atomic mass is 32.2. The summed E-state index contributed by atoms with van der Waals surface area (Å²) in [6.45, 7) is 5.45. The number of carbonyl (C=O) groups excluding carboxylic acids is 1. The summed E-state index contributed by atoms with van der Waals surface area (Å²) < 4.78 is 29.0. The number of para-hydroxylation sites is 1. The molecule has 25 heavy (non-hydrogen) atoms. The second-order valence-electron chi connectivity index (χ2n) is 6.23. The molecule has 1 amide bonds. The average Bonchev–Trinajstić information content (AvgIpc) is 2.82. The van der Waals surface area contributed by atoms with Crippen LogP contribution in [-0.4, -0.2) is 18.9 Å². The van der Waals surface area contributed by atoms with E-state index < -0.39 is 15.9 Å². The molecule has 6 heteroatoms. The molecule has 1 aromatic heterocycles. The van der Waals surface area contributed by atoms with E-state index in [1.807, 2.05) is 48.7 Å². The topological polar surface area (TPSA) is 68.2 Å². The molecule has 1 heterocycles. The summed E-state index contributed by atoms with van der Waals surface area (Å²) in [5.74, 6) is -0.565. The van der Waals surface area contributed by atoms with Crippen molar-refractivity contribution in [1.82, 2.24) is 9.29 Å². The minimum absolute atomic E-state index is 0.0521. The van der Waals surface area contributed by atoms with Crippen molar-refractivity contribution in [2.75, 3.05) is 0 Å². The van der Waals surface area contributed by atoms with Gasteiger partial charge in [-0.3, -0.25) is 4.79 Å². The molecule has 0 radical (unpaired) electrons. The fourth-order valence-corrected chi connectivity index (χ4v) is 4.24. The van der Waals surface area contributed by atoms with Gasteiger partial charge in [-0.05, 0) is 49.9 Å². The highest BCUT2D eigenvalue weighted by molar-refractivity contribution is 7.90. The lowest BCUT2D eigenvalue weighted by molar-refractivity contribution is -0.119. The normalized spacial score (nSPS) is 11.6. The third kappa shape index (κ3) is 3.44. The Kier molecular flexibility index (Phi) is 4.39. The Hall–Kier alpha value is -2.60. The second-order valence-corrected chi connectivity index (χ2v) is 7.88. The first-order valence-electron chi connectivity index (χ1n) is 7.96. The van der Waals surface area contributed by atoms with Crippen LogP contribution in [0.25, 0.3) is 10.9 Å². The van der Waals surface area contributed by atoms with Gasteiger partial charge in [0.25, 0.3) is 15.9 Å². The summed E-state index contributed by atoms with van der Waals surface area (Å²) in [7, 11) is -3.89. The molecule has 0 aliphatic rings. The molecule has 130 valence electrons. The molecule has 0 atom stereocenters. The van der Waals surface area contributed by atoms with Gasteiger partial charge in [0.1, 0.15) is 6.54 Å². The number of nitrogens with one attached hydrogen (secondary N) is 1. The lowest BCUT2D eigenvalue weighted by atomic mass is 10.2. The van der Waals surface area contributed by atoms with Gasteiger partial charge in [0, 0.05) is 11.2 Å². The molecule has 0 aliphatic heterocycles. The molecule has 5 nitrogen and oxygen atoms in total. The maximum Gasteiger partial charge on any atom is 0.264 e. The first kappa shape index (κ1) is 17.2. The van der Waals surface area contributed by atoms with Gasteiger partial charge in [-0.1, -0.05) is 35.9 Å². The fourth-order valence-electron chi connectivity index (χ4n) is 3.04. The van der Waals surface area contributed by atoms with Gasteiger partial charge in [0.05, 0.1) is 4.90 Å². The van der Waals surface area contributed by atoms with E-state index in [9.17, 15) is 13.2 Å². The summed E-state index contributed by atoms with van der Waals surface area (Å²) in [6, 6.07) is 14.7. The number of hydrogen-bond acceptors (Lipinski definition) is 3. The fraction of sp³-hybridized carbons (Fsp3) is 0.211. The second kappa shape index (κ2) is 6.37. The Morgan fingerprint density at radius 3 is 2.48 bits per heavy atom. The third-order valence-corrected chi connectivity index (χ3v) is 5.72. The lowest BCUT2D eigenvalue weighted by Crippen LogP contribution is -2.33. The smallest absolute Gasteiger partial charge is 0.264 e. The molecule has 0 bridgehead atoms. The van der Waals surface area contributed by atoms with Crippen LogP contribution in [0.5, 0.6) is 0 Å². The molecule has 0 saturated carbocycles. The number of benzene rings is 2. The van der Waals surface area contributed by atoms with Crippen LogP contribution >= 0.6 is 0 Å². The van der Waals surface area contributed by atoms with Crippen molar-refractivity contribution >= 4 is 26.8 Å². The van der Waals surface area contributed by atoms with E-state index in [0.717, 1.165) is 22.2 Å². The number of aryl methyl sites for hydroxylation is 3. The van der Waals surface area contributed by atoms with Crippen molar-refractivity contribution in [3.63, 3.8) is 0 Å². The highest BCUT2D eigenvalue weighted by Crippen LogP contribution is 2.20. The van der Waals surface area contributed by atoms with Crippen molar-refractivity contribution in [2.45, 2.75) is 32.2 Å². The third-order valence-electron chi connectivity index (χ3n) is 4.19. The number of aromatic nitrogens is 1. The zero-order chi connectivity index (χ0) is 18.2. The first-order valence-corrected chi connectivity index (χ1v) is 9.44. The van der Waals surface area contributed by atoms with E-state index in [2.05, 4.69) is 4.72 Å². The molecular weight excluding hydrogens is 336 g/mol. The SMILES string of the molecule is Cc1ccc(S(=O)(=O)NC(=O)Cn2c(C)cc3ccccc32)c(C)c1. The van der Waals surface area contributed by atoms with E-state index >= 15 is 0 Å². The summed E-state index contributed by atoms with van der Waals surface area (Å²) in [5.41, 5.74) is 3.39. The number of amides is 1. The standard InChI is InChI=1S/C19H20N2O3S/c1-13-8-9-18(14(2)10-13)25(23,24)20-19(22)12-21-15(3)11-16-6-4-5-7-17(16)21/h4-11H,12H2,1-3H3,(H,20,22). The quantitative estimate of drug-likeness (QED) is 0.781. The van der Waals surface area contributed by atoms with Crippen LogP contribution in [0.15, 0.2) is 53.4 Å². The van der Waals surface area contributed by atoms with Gasteiger partial charge >= 0.3 is 0 Å². The molecule has 3 aromatic rings. The van der Waals surface area contributed by atoms with E-state index in [-0.39, 0.29) is 11.4 Å². The lowest BCUT2D eigenvalue weighted by Gasteiger charge is -2.12. The molecule has 0 unspecified atom stereocenters. The number of rotatable bonds is 4. The van der Waals surface area contributed by atoms with Gasteiger partial charge < -0.3 is 4.57 Å². The summed E-state index contributed by atoms with van der Waals surface area (Å²) >= 11 is 0. The van der Waals surface area contributed by atoms with Crippen LogP contribution in [-0.2, 0) is 21.4 Å². The summed E-state index contributed by atoms with van der Waals surface area (Å²) in [5, 5.41) is 1.02. The van der Waals surface area contributed by atoms with Crippen molar-refractivity contribution in [2.24, 2.45) is 0 Å². The van der Waals surface area contributed by atoms with Gasteiger partial charge in [-0.2, -0.15) is 0 Å². The predicted octanol–water partition coefficient (Wildman–Crippen LogP) is 3.07. The number of fused-ring (bicyclic) bond motifs is 1. The number of sulfonamides is 1. The Labute approximate surface area is 147 Å². The molecule has 0 aliphatic carbocycles. The Balaban J connectivity index is 1.85. The van der Waals surface area contributed by atoms with Crippen molar-refractivity contribution in [1.29, 1.82) is 0 Å². The van der Waals surface area contributed by atoms with Crippen LogP contribution in [0.2, 0.25) is 0 Å². The van der Waals surface area contributed by atoms with E-state index in [4.69, 9.17) is 0 Å². The molecule has 1 N–H and O–H groups in total. The van der Waals surface area contributed by atoms with Crippen LogP contribution < -0.4 is 4.72 Å². The molecule has 2 aromatic carbocycles. The van der Waals surface area contributed by atoms with Crippen molar-refractivity contribution in [3.8, 4) is 0 Å². The first-order chi connectivity index (χ1) is 11.8. The minimum atomic E-state index is -3.89. The Morgan fingerprint density at radius 2 is 1.76 bits per heavy atom. The monoisotopic (exact) mass is 356 g/mol. The maximum absolute atomic E-state index is 12.5. The molecule has 0 spiro atoms. The predicted molar refractivity (Wildman–Crippen MR) is 97.9 cm³/mol. The average molecular weight is 356 g/mol. The van der Waals surface area contributed by atoms with E-state index in [1.165, 1.54) is 6.07 Å². The van der Waals surface area contributed by atoms with Crippen molar-refractivity contribution < 1.29 is 13.2 Å². The largest absolute Gasteiger partial charge is 0.335 e. The van der Waals surface area contributed by atoms with E-state index in [0.29, 0.717) is 5.56 Å². The number of hydrogen-bond donors (Lipinski definition) is 1. The van der Waals surface area contributed by atoms with Crippen LogP contribution in [0.1, 0.15) is 16.8 Å². The van der Waals surface area contributed by atoms with Crippen molar-refractivity contribution in [3.05, 3.63) is 65.4 Å². The zero-order valence-electron chi connectivity index (χ0n) is 14.4.